The van der Waals surface area contributed by atoms with E-state index < -0.39 is 0 Å². The number of nitrogens with one attached hydrogen (secondary N) is 2. The highest BCUT2D eigenvalue weighted by molar-refractivity contribution is 5.82. The van der Waals surface area contributed by atoms with E-state index in [9.17, 15) is 4.79 Å². The largest absolute Gasteiger partial charge is 0.353 e. The molecule has 2 saturated heterocycles. The fraction of sp³-hybridized carbons (Fsp3) is 0.938. The number of carbonyl (C=O) groups excluding carboxylic acids is 1. The Labute approximate surface area is 123 Å². The number of carbonyl (C=O) groups is 1. The monoisotopic (exact) mass is 281 g/mol. The van der Waals surface area contributed by atoms with Gasteiger partial charge in [0.1, 0.15) is 0 Å². The number of hydrogen-bond donors (Lipinski definition) is 2. The molecule has 1 amide bonds. The van der Waals surface area contributed by atoms with Gasteiger partial charge in [0, 0.05) is 18.6 Å². The van der Waals surface area contributed by atoms with Gasteiger partial charge in [0.25, 0.3) is 0 Å². The van der Waals surface area contributed by atoms with Crippen LogP contribution in [0.2, 0.25) is 0 Å². The summed E-state index contributed by atoms with van der Waals surface area (Å²) < 4.78 is 0. The molecule has 0 aliphatic carbocycles. The highest BCUT2D eigenvalue weighted by Gasteiger charge is 2.32. The number of piperidine rings is 1. The van der Waals surface area contributed by atoms with Gasteiger partial charge < -0.3 is 10.6 Å². The Morgan fingerprint density at radius 2 is 2.15 bits per heavy atom. The summed E-state index contributed by atoms with van der Waals surface area (Å²) in [6, 6.07) is 0.0375. The van der Waals surface area contributed by atoms with Crippen molar-refractivity contribution in [1.29, 1.82) is 0 Å². The summed E-state index contributed by atoms with van der Waals surface area (Å²) in [5, 5.41) is 6.41. The zero-order valence-corrected chi connectivity index (χ0v) is 13.4. The smallest absolute Gasteiger partial charge is 0.237 e. The lowest BCUT2D eigenvalue weighted by atomic mass is 9.91. The molecular weight excluding hydrogens is 250 g/mol. The van der Waals surface area contributed by atoms with E-state index in [-0.39, 0.29) is 17.5 Å². The Morgan fingerprint density at radius 3 is 2.80 bits per heavy atom. The normalized spacial score (nSPS) is 28.6. The fourth-order valence-corrected chi connectivity index (χ4v) is 3.39. The summed E-state index contributed by atoms with van der Waals surface area (Å²) in [5.41, 5.74) is 0.0576. The first-order valence-corrected chi connectivity index (χ1v) is 8.29. The van der Waals surface area contributed by atoms with Crippen molar-refractivity contribution in [1.82, 2.24) is 15.5 Å². The van der Waals surface area contributed by atoms with Crippen LogP contribution in [-0.2, 0) is 4.79 Å². The second kappa shape index (κ2) is 6.90. The van der Waals surface area contributed by atoms with Crippen molar-refractivity contribution in [2.75, 3.05) is 26.2 Å². The lowest BCUT2D eigenvalue weighted by Gasteiger charge is -2.43. The summed E-state index contributed by atoms with van der Waals surface area (Å²) in [5.74, 6) is 1.01. The van der Waals surface area contributed by atoms with E-state index in [0.717, 1.165) is 31.8 Å². The van der Waals surface area contributed by atoms with Crippen LogP contribution in [0.15, 0.2) is 0 Å². The van der Waals surface area contributed by atoms with E-state index in [2.05, 4.69) is 36.3 Å². The molecule has 4 heteroatoms. The maximum atomic E-state index is 12.1. The lowest BCUT2D eigenvalue weighted by molar-refractivity contribution is -0.123. The average Bonchev–Trinajstić information content (AvgIpc) is 2.99. The molecule has 2 fully saturated rings. The number of nitrogens with zero attached hydrogens (tertiary/aromatic N) is 1. The Balaban J connectivity index is 1.81. The Morgan fingerprint density at radius 1 is 1.35 bits per heavy atom. The van der Waals surface area contributed by atoms with Crippen LogP contribution < -0.4 is 10.6 Å². The minimum atomic E-state index is 0.0375. The van der Waals surface area contributed by atoms with Gasteiger partial charge in [-0.15, -0.1) is 0 Å². The van der Waals surface area contributed by atoms with Gasteiger partial charge in [-0.2, -0.15) is 0 Å². The van der Waals surface area contributed by atoms with Gasteiger partial charge in [0.05, 0.1) is 6.04 Å². The van der Waals surface area contributed by atoms with E-state index >= 15 is 0 Å². The van der Waals surface area contributed by atoms with Crippen molar-refractivity contribution in [3.8, 4) is 0 Å². The zero-order chi connectivity index (χ0) is 14.6. The van der Waals surface area contributed by atoms with Gasteiger partial charge in [0.2, 0.25) is 5.91 Å². The van der Waals surface area contributed by atoms with Gasteiger partial charge >= 0.3 is 0 Å². The Bertz CT molecular complexity index is 324. The first-order chi connectivity index (χ1) is 9.53. The van der Waals surface area contributed by atoms with Gasteiger partial charge in [0.15, 0.2) is 0 Å². The molecule has 0 saturated carbocycles. The molecule has 0 aromatic heterocycles. The van der Waals surface area contributed by atoms with Crippen LogP contribution in [0, 0.1) is 5.92 Å². The molecule has 0 aromatic carbocycles. The van der Waals surface area contributed by atoms with E-state index in [1.165, 1.54) is 32.4 Å². The number of rotatable bonds is 5. The molecule has 0 radical (unpaired) electrons. The van der Waals surface area contributed by atoms with Crippen LogP contribution in [0.25, 0.3) is 0 Å². The molecule has 2 heterocycles. The van der Waals surface area contributed by atoms with Crippen LogP contribution in [0.1, 0.15) is 52.9 Å². The zero-order valence-electron chi connectivity index (χ0n) is 13.4. The van der Waals surface area contributed by atoms with Gasteiger partial charge in [-0.1, -0.05) is 13.3 Å². The Kier molecular flexibility index (Phi) is 5.44. The van der Waals surface area contributed by atoms with Crippen LogP contribution in [0.3, 0.4) is 0 Å². The molecule has 2 aliphatic heterocycles. The molecular formula is C16H31N3O. The summed E-state index contributed by atoms with van der Waals surface area (Å²) in [7, 11) is 0. The van der Waals surface area contributed by atoms with Gasteiger partial charge in [-0.05, 0) is 58.5 Å². The number of hydrogen-bond acceptors (Lipinski definition) is 3. The summed E-state index contributed by atoms with van der Waals surface area (Å²) in [4.78, 5) is 14.7. The minimum absolute atomic E-state index is 0.0375. The van der Waals surface area contributed by atoms with Crippen LogP contribution in [0.4, 0.5) is 0 Å². The maximum absolute atomic E-state index is 12.1. The first kappa shape index (κ1) is 15.8. The van der Waals surface area contributed by atoms with Crippen molar-refractivity contribution in [2.45, 2.75) is 64.5 Å². The molecule has 2 unspecified atom stereocenters. The van der Waals surface area contributed by atoms with E-state index in [4.69, 9.17) is 0 Å². The van der Waals surface area contributed by atoms with Crippen molar-refractivity contribution in [2.24, 2.45) is 5.92 Å². The van der Waals surface area contributed by atoms with Gasteiger partial charge in [-0.3, -0.25) is 9.69 Å². The third kappa shape index (κ3) is 3.95. The standard InChI is InChI=1S/C16H31N3O/c1-4-13-7-6-10-19(11-13)16(2,3)12-18-15(20)14-8-5-9-17-14/h13-14,17H,4-12H2,1-3H3,(H,18,20). The third-order valence-electron chi connectivity index (χ3n) is 5.02. The second-order valence-electron chi connectivity index (χ2n) is 7.04. The van der Waals surface area contributed by atoms with Crippen molar-refractivity contribution < 1.29 is 4.79 Å². The molecule has 2 aliphatic rings. The quantitative estimate of drug-likeness (QED) is 0.807. The van der Waals surface area contributed by atoms with E-state index in [1.807, 2.05) is 0 Å². The summed E-state index contributed by atoms with van der Waals surface area (Å²) >= 11 is 0. The summed E-state index contributed by atoms with van der Waals surface area (Å²) in [6.07, 6.45) is 6.02. The van der Waals surface area contributed by atoms with E-state index in [1.54, 1.807) is 0 Å². The molecule has 116 valence electrons. The fourth-order valence-electron chi connectivity index (χ4n) is 3.39. The SMILES string of the molecule is CCC1CCCN(C(C)(C)CNC(=O)C2CCCN2)C1. The minimum Gasteiger partial charge on any atom is -0.353 e. The molecule has 0 aromatic rings. The van der Waals surface area contributed by atoms with Crippen LogP contribution in [0.5, 0.6) is 0 Å². The molecule has 2 rings (SSSR count). The molecule has 20 heavy (non-hydrogen) atoms. The van der Waals surface area contributed by atoms with Gasteiger partial charge in [-0.25, -0.2) is 0 Å². The third-order valence-corrected chi connectivity index (χ3v) is 5.02. The number of amides is 1. The van der Waals surface area contributed by atoms with Crippen molar-refractivity contribution >= 4 is 5.91 Å². The highest BCUT2D eigenvalue weighted by Crippen LogP contribution is 2.25. The topological polar surface area (TPSA) is 44.4 Å². The molecule has 0 spiro atoms. The predicted octanol–water partition coefficient (Wildman–Crippen LogP) is 1.76. The predicted molar refractivity (Wildman–Crippen MR) is 82.7 cm³/mol. The van der Waals surface area contributed by atoms with Crippen LogP contribution in [-0.4, -0.2) is 48.6 Å². The molecule has 0 bridgehead atoms. The summed E-state index contributed by atoms with van der Waals surface area (Å²) in [6.45, 7) is 10.9. The average molecular weight is 281 g/mol. The molecule has 2 atom stereocenters. The first-order valence-electron chi connectivity index (χ1n) is 8.29. The number of likely N-dealkylation sites (tertiary alicyclic amines) is 1. The molecule has 4 nitrogen and oxygen atoms in total. The van der Waals surface area contributed by atoms with Crippen molar-refractivity contribution in [3.05, 3.63) is 0 Å². The Hall–Kier alpha value is -0.610. The van der Waals surface area contributed by atoms with Crippen LogP contribution >= 0.6 is 0 Å². The van der Waals surface area contributed by atoms with E-state index in [0.29, 0.717) is 0 Å². The lowest BCUT2D eigenvalue weighted by Crippen LogP contribution is -2.56. The maximum Gasteiger partial charge on any atom is 0.237 e. The molecule has 2 N–H and O–H groups in total. The second-order valence-corrected chi connectivity index (χ2v) is 7.04. The highest BCUT2D eigenvalue weighted by atomic mass is 16.2. The van der Waals surface area contributed by atoms with Crippen molar-refractivity contribution in [3.63, 3.8) is 0 Å².